The van der Waals surface area contributed by atoms with Crippen molar-refractivity contribution in [1.29, 1.82) is 0 Å². The summed E-state index contributed by atoms with van der Waals surface area (Å²) >= 11 is 5.21. The summed E-state index contributed by atoms with van der Waals surface area (Å²) < 4.78 is 14.8. The molecule has 0 amide bonds. The molecule has 0 fully saturated rings. The van der Waals surface area contributed by atoms with E-state index < -0.39 is 0 Å². The number of hydrogen-bond acceptors (Lipinski definition) is 2. The molecule has 1 aromatic carbocycles. The monoisotopic (exact) mass is 367 g/mol. The fourth-order valence-corrected chi connectivity index (χ4v) is 4.64. The maximum absolute atomic E-state index is 14.0. The van der Waals surface area contributed by atoms with Crippen LogP contribution in [0.3, 0.4) is 0 Å². The Morgan fingerprint density at radius 2 is 2.10 bits per heavy atom. The van der Waals surface area contributed by atoms with Crippen molar-refractivity contribution in [3.05, 3.63) is 55.4 Å². The minimum Gasteiger partial charge on any atom is -0.312 e. The first-order valence-electron chi connectivity index (χ1n) is 7.40. The van der Waals surface area contributed by atoms with E-state index in [2.05, 4.69) is 27.3 Å². The predicted octanol–water partition coefficient (Wildman–Crippen LogP) is 5.03. The second-order valence-corrected chi connectivity index (χ2v) is 7.67. The van der Waals surface area contributed by atoms with Crippen molar-refractivity contribution in [2.45, 2.75) is 38.1 Å². The largest absolute Gasteiger partial charge is 0.312 e. The Hall–Kier alpha value is -0.710. The summed E-state index contributed by atoms with van der Waals surface area (Å²) in [6.07, 6.45) is 5.71. The van der Waals surface area contributed by atoms with Gasteiger partial charge in [0.15, 0.2) is 0 Å². The zero-order chi connectivity index (χ0) is 14.8. The topological polar surface area (TPSA) is 12.0 Å². The van der Waals surface area contributed by atoms with Crippen molar-refractivity contribution in [3.63, 3.8) is 0 Å². The van der Waals surface area contributed by atoms with Crippen molar-refractivity contribution in [3.8, 4) is 0 Å². The van der Waals surface area contributed by atoms with Crippen molar-refractivity contribution in [2.75, 3.05) is 7.05 Å². The highest BCUT2D eigenvalue weighted by Crippen LogP contribution is 2.34. The first-order chi connectivity index (χ1) is 10.2. The number of aryl methyl sites for hydroxylation is 2. The molecule has 1 N–H and O–H groups in total. The van der Waals surface area contributed by atoms with Gasteiger partial charge in [-0.1, -0.05) is 22.0 Å². The molecule has 21 heavy (non-hydrogen) atoms. The van der Waals surface area contributed by atoms with E-state index in [1.165, 1.54) is 41.0 Å². The number of likely N-dealkylation sites (N-methyl/N-ethyl adjacent to an activating group) is 1. The van der Waals surface area contributed by atoms with Gasteiger partial charge in [-0.05, 0) is 68.5 Å². The molecule has 1 nitrogen and oxygen atoms in total. The molecule has 0 saturated heterocycles. The van der Waals surface area contributed by atoms with Crippen LogP contribution in [0.15, 0.2) is 28.7 Å². The number of thiophene rings is 1. The molecule has 0 radical (unpaired) electrons. The summed E-state index contributed by atoms with van der Waals surface area (Å²) in [7, 11) is 1.96. The van der Waals surface area contributed by atoms with E-state index in [0.717, 1.165) is 10.0 Å². The highest BCUT2D eigenvalue weighted by molar-refractivity contribution is 9.10. The minimum absolute atomic E-state index is 0.133. The van der Waals surface area contributed by atoms with E-state index in [0.29, 0.717) is 6.42 Å². The highest BCUT2D eigenvalue weighted by Gasteiger charge is 2.19. The van der Waals surface area contributed by atoms with Crippen LogP contribution in [0.2, 0.25) is 0 Å². The molecule has 1 unspecified atom stereocenters. The molecular weight excluding hydrogens is 349 g/mol. The maximum Gasteiger partial charge on any atom is 0.127 e. The number of fused-ring (bicyclic) bond motifs is 1. The first-order valence-corrected chi connectivity index (χ1v) is 9.01. The normalized spacial score (nSPS) is 15.8. The van der Waals surface area contributed by atoms with Gasteiger partial charge in [-0.3, -0.25) is 0 Å². The van der Waals surface area contributed by atoms with E-state index >= 15 is 0 Å². The Kier molecular flexibility index (Phi) is 4.77. The van der Waals surface area contributed by atoms with Crippen LogP contribution in [0.1, 0.15) is 39.8 Å². The predicted molar refractivity (Wildman–Crippen MR) is 90.6 cm³/mol. The molecule has 1 aliphatic carbocycles. The molecule has 1 aliphatic rings. The number of benzene rings is 1. The van der Waals surface area contributed by atoms with Crippen LogP contribution in [0.25, 0.3) is 0 Å². The standard InChI is InChI=1S/C17H19BrFNS/c1-20-15(8-11-6-7-13(18)10-14(11)19)17-9-12-4-2-3-5-16(12)21-17/h6-7,9-10,15,20H,2-5,8H2,1H3. The van der Waals surface area contributed by atoms with Crippen molar-refractivity contribution < 1.29 is 4.39 Å². The molecule has 112 valence electrons. The molecule has 1 atom stereocenters. The van der Waals surface area contributed by atoms with Gasteiger partial charge in [-0.15, -0.1) is 11.3 Å². The maximum atomic E-state index is 14.0. The Morgan fingerprint density at radius 1 is 1.29 bits per heavy atom. The average Bonchev–Trinajstić information content (AvgIpc) is 2.90. The second kappa shape index (κ2) is 6.59. The van der Waals surface area contributed by atoms with Crippen LogP contribution < -0.4 is 5.32 Å². The van der Waals surface area contributed by atoms with Gasteiger partial charge in [0.05, 0.1) is 0 Å². The Balaban J connectivity index is 1.83. The molecule has 0 saturated carbocycles. The van der Waals surface area contributed by atoms with Crippen LogP contribution in [-0.4, -0.2) is 7.05 Å². The third-order valence-electron chi connectivity index (χ3n) is 4.15. The summed E-state index contributed by atoms with van der Waals surface area (Å²) in [5.74, 6) is -0.133. The summed E-state index contributed by atoms with van der Waals surface area (Å²) in [5.41, 5.74) is 2.28. The zero-order valence-corrected chi connectivity index (χ0v) is 14.5. The van der Waals surface area contributed by atoms with E-state index in [4.69, 9.17) is 0 Å². The highest BCUT2D eigenvalue weighted by atomic mass is 79.9. The van der Waals surface area contributed by atoms with E-state index in [-0.39, 0.29) is 11.9 Å². The van der Waals surface area contributed by atoms with E-state index in [1.54, 1.807) is 6.07 Å². The second-order valence-electron chi connectivity index (χ2n) is 5.59. The van der Waals surface area contributed by atoms with Gasteiger partial charge >= 0.3 is 0 Å². The quantitative estimate of drug-likeness (QED) is 0.798. The van der Waals surface area contributed by atoms with Crippen LogP contribution in [0.5, 0.6) is 0 Å². The van der Waals surface area contributed by atoms with Gasteiger partial charge in [0.2, 0.25) is 0 Å². The number of halogens is 2. The van der Waals surface area contributed by atoms with Crippen molar-refractivity contribution in [2.24, 2.45) is 0 Å². The van der Waals surface area contributed by atoms with Crippen LogP contribution in [0, 0.1) is 5.82 Å². The first kappa shape index (κ1) is 15.2. The van der Waals surface area contributed by atoms with Crippen molar-refractivity contribution in [1.82, 2.24) is 5.32 Å². The number of rotatable bonds is 4. The third-order valence-corrected chi connectivity index (χ3v) is 5.99. The van der Waals surface area contributed by atoms with Gasteiger partial charge in [-0.25, -0.2) is 4.39 Å². The molecule has 1 aromatic heterocycles. The lowest BCUT2D eigenvalue weighted by Crippen LogP contribution is -2.18. The van der Waals surface area contributed by atoms with Crippen LogP contribution in [-0.2, 0) is 19.3 Å². The third kappa shape index (κ3) is 3.38. The molecule has 0 bridgehead atoms. The average molecular weight is 368 g/mol. The fraction of sp³-hybridized carbons (Fsp3) is 0.412. The molecule has 1 heterocycles. The van der Waals surface area contributed by atoms with E-state index in [9.17, 15) is 4.39 Å². The lowest BCUT2D eigenvalue weighted by atomic mass is 9.98. The van der Waals surface area contributed by atoms with Crippen LogP contribution >= 0.6 is 27.3 Å². The van der Waals surface area contributed by atoms with Gasteiger partial charge in [0.25, 0.3) is 0 Å². The van der Waals surface area contributed by atoms with Crippen molar-refractivity contribution >= 4 is 27.3 Å². The van der Waals surface area contributed by atoms with Gasteiger partial charge < -0.3 is 5.32 Å². The lowest BCUT2D eigenvalue weighted by molar-refractivity contribution is 0.559. The smallest absolute Gasteiger partial charge is 0.127 e. The Bertz CT molecular complexity index is 614. The number of hydrogen-bond donors (Lipinski definition) is 1. The summed E-state index contributed by atoms with van der Waals surface area (Å²) in [5, 5.41) is 3.35. The Morgan fingerprint density at radius 3 is 2.81 bits per heavy atom. The number of nitrogens with one attached hydrogen (secondary N) is 1. The molecule has 0 spiro atoms. The van der Waals surface area contributed by atoms with Gasteiger partial charge in [0.1, 0.15) is 5.82 Å². The summed E-state index contributed by atoms with van der Waals surface area (Å²) in [6.45, 7) is 0. The lowest BCUT2D eigenvalue weighted by Gasteiger charge is -2.15. The van der Waals surface area contributed by atoms with E-state index in [1.807, 2.05) is 30.5 Å². The summed E-state index contributed by atoms with van der Waals surface area (Å²) in [6, 6.07) is 7.84. The van der Waals surface area contributed by atoms with Gasteiger partial charge in [-0.2, -0.15) is 0 Å². The van der Waals surface area contributed by atoms with Crippen LogP contribution in [0.4, 0.5) is 4.39 Å². The summed E-state index contributed by atoms with van der Waals surface area (Å²) in [4.78, 5) is 2.87. The molecular formula is C17H19BrFNS. The Labute approximate surface area is 137 Å². The molecule has 0 aliphatic heterocycles. The van der Waals surface area contributed by atoms with Gasteiger partial charge in [0, 0.05) is 20.3 Å². The molecule has 3 rings (SSSR count). The minimum atomic E-state index is -0.133. The SMILES string of the molecule is CNC(Cc1ccc(Br)cc1F)c1cc2c(s1)CCCC2. The molecule has 4 heteroatoms. The fourth-order valence-electron chi connectivity index (χ4n) is 2.94. The zero-order valence-electron chi connectivity index (χ0n) is 12.1. The molecule has 2 aromatic rings.